The zero-order valence-electron chi connectivity index (χ0n) is 16.9. The summed E-state index contributed by atoms with van der Waals surface area (Å²) < 4.78 is 7.91. The maximum Gasteiger partial charge on any atom is 0.255 e. The highest BCUT2D eigenvalue weighted by molar-refractivity contribution is 5.94. The van der Waals surface area contributed by atoms with E-state index in [9.17, 15) is 4.79 Å². The molecule has 2 aromatic heterocycles. The summed E-state index contributed by atoms with van der Waals surface area (Å²) in [6, 6.07) is 4.32. The lowest BCUT2D eigenvalue weighted by Gasteiger charge is -2.31. The van der Waals surface area contributed by atoms with E-state index in [1.54, 1.807) is 6.20 Å². The summed E-state index contributed by atoms with van der Waals surface area (Å²) in [5, 5.41) is 4.47. The summed E-state index contributed by atoms with van der Waals surface area (Å²) in [4.78, 5) is 21.8. The van der Waals surface area contributed by atoms with Crippen LogP contribution in [0.15, 0.2) is 30.7 Å². The highest BCUT2D eigenvalue weighted by Crippen LogP contribution is 2.23. The largest absolute Gasteiger partial charge is 0.379 e. The number of aromatic nitrogens is 3. The number of amides is 1. The first-order valence-corrected chi connectivity index (χ1v) is 10.1. The molecule has 28 heavy (non-hydrogen) atoms. The third-order valence-electron chi connectivity index (χ3n) is 5.60. The van der Waals surface area contributed by atoms with Crippen LogP contribution in [-0.2, 0) is 11.3 Å². The van der Waals surface area contributed by atoms with Gasteiger partial charge in [0.15, 0.2) is 0 Å². The Morgan fingerprint density at radius 3 is 2.79 bits per heavy atom. The van der Waals surface area contributed by atoms with Crippen molar-refractivity contribution in [2.45, 2.75) is 39.4 Å². The molecule has 2 aromatic rings. The number of carbonyl (C=O) groups is 1. The molecular formula is C21H29N5O2. The van der Waals surface area contributed by atoms with Crippen LogP contribution in [0, 0.1) is 12.8 Å². The minimum absolute atomic E-state index is 0.0684. The van der Waals surface area contributed by atoms with Crippen molar-refractivity contribution in [1.29, 1.82) is 0 Å². The second-order valence-corrected chi connectivity index (χ2v) is 8.31. The molecule has 7 heteroatoms. The quantitative estimate of drug-likeness (QED) is 0.809. The number of hydrogen-bond donors (Lipinski definition) is 0. The van der Waals surface area contributed by atoms with E-state index in [0.717, 1.165) is 25.3 Å². The maximum atomic E-state index is 13.1. The van der Waals surface area contributed by atoms with Gasteiger partial charge in [0.1, 0.15) is 0 Å². The predicted octanol–water partition coefficient (Wildman–Crippen LogP) is 2.14. The molecule has 150 valence electrons. The van der Waals surface area contributed by atoms with Gasteiger partial charge in [-0.1, -0.05) is 0 Å². The molecule has 0 saturated carbocycles. The van der Waals surface area contributed by atoms with E-state index in [2.05, 4.69) is 35.0 Å². The molecule has 0 aromatic carbocycles. The molecule has 0 N–H and O–H groups in total. The van der Waals surface area contributed by atoms with Gasteiger partial charge < -0.3 is 9.64 Å². The Morgan fingerprint density at radius 2 is 2.07 bits per heavy atom. The molecule has 4 rings (SSSR count). The van der Waals surface area contributed by atoms with Gasteiger partial charge in [-0.05, 0) is 32.9 Å². The third-order valence-corrected chi connectivity index (χ3v) is 5.60. The number of carbonyl (C=O) groups excluding carboxylic acids is 1. The fourth-order valence-electron chi connectivity index (χ4n) is 4.04. The molecule has 2 fully saturated rings. The van der Waals surface area contributed by atoms with Crippen molar-refractivity contribution in [3.63, 3.8) is 0 Å². The van der Waals surface area contributed by atoms with Crippen LogP contribution in [0.1, 0.15) is 41.5 Å². The summed E-state index contributed by atoms with van der Waals surface area (Å²) in [5.41, 5.74) is 2.80. The van der Waals surface area contributed by atoms with Gasteiger partial charge >= 0.3 is 0 Å². The SMILES string of the molecule is Cc1ccc(C(=O)N2C[C@@H]3COC[C@H](C2)N(Cc2cnn(C(C)C)c2)C3)cn1. The Bertz CT molecular complexity index is 816. The van der Waals surface area contributed by atoms with Gasteiger partial charge in [0.25, 0.3) is 5.91 Å². The lowest BCUT2D eigenvalue weighted by Crippen LogP contribution is -2.45. The maximum absolute atomic E-state index is 13.1. The first kappa shape index (κ1) is 19.1. The van der Waals surface area contributed by atoms with Crippen molar-refractivity contribution in [1.82, 2.24) is 24.6 Å². The number of rotatable bonds is 4. The minimum atomic E-state index is 0.0684. The lowest BCUT2D eigenvalue weighted by atomic mass is 10.1. The van der Waals surface area contributed by atoms with E-state index in [4.69, 9.17) is 4.74 Å². The van der Waals surface area contributed by atoms with Gasteiger partial charge in [0, 0.05) is 61.8 Å². The van der Waals surface area contributed by atoms with E-state index >= 15 is 0 Å². The van der Waals surface area contributed by atoms with Crippen LogP contribution in [0.4, 0.5) is 0 Å². The number of aryl methyl sites for hydroxylation is 1. The van der Waals surface area contributed by atoms with Crippen molar-refractivity contribution in [3.8, 4) is 0 Å². The van der Waals surface area contributed by atoms with Gasteiger partial charge in [0.2, 0.25) is 0 Å². The summed E-state index contributed by atoms with van der Waals surface area (Å²) in [6.07, 6.45) is 5.77. The molecule has 0 aliphatic carbocycles. The lowest BCUT2D eigenvalue weighted by molar-refractivity contribution is 0.0406. The van der Waals surface area contributed by atoms with E-state index < -0.39 is 0 Å². The molecule has 7 nitrogen and oxygen atoms in total. The van der Waals surface area contributed by atoms with Crippen molar-refractivity contribution in [2.75, 3.05) is 32.8 Å². The summed E-state index contributed by atoms with van der Waals surface area (Å²) in [7, 11) is 0. The van der Waals surface area contributed by atoms with Crippen molar-refractivity contribution < 1.29 is 9.53 Å². The molecule has 0 spiro atoms. The molecule has 4 heterocycles. The summed E-state index contributed by atoms with van der Waals surface area (Å²) in [5.74, 6) is 0.383. The second-order valence-electron chi connectivity index (χ2n) is 8.31. The molecule has 2 bridgehead atoms. The Labute approximate surface area is 166 Å². The van der Waals surface area contributed by atoms with E-state index in [1.165, 1.54) is 5.56 Å². The van der Waals surface area contributed by atoms with Crippen LogP contribution < -0.4 is 0 Å². The van der Waals surface area contributed by atoms with Gasteiger partial charge in [-0.25, -0.2) is 0 Å². The number of pyridine rings is 1. The normalized spacial score (nSPS) is 23.1. The molecule has 2 aliphatic rings. The molecule has 2 saturated heterocycles. The molecule has 1 amide bonds. The topological polar surface area (TPSA) is 63.5 Å². The van der Waals surface area contributed by atoms with Crippen LogP contribution in [0.5, 0.6) is 0 Å². The number of fused-ring (bicyclic) bond motifs is 3. The number of nitrogens with zero attached hydrogens (tertiary/aromatic N) is 5. The van der Waals surface area contributed by atoms with Crippen LogP contribution in [0.2, 0.25) is 0 Å². The number of ether oxygens (including phenoxy) is 1. The van der Waals surface area contributed by atoms with Crippen LogP contribution in [-0.4, -0.2) is 69.4 Å². The molecular weight excluding hydrogens is 354 g/mol. The smallest absolute Gasteiger partial charge is 0.255 e. The minimum Gasteiger partial charge on any atom is -0.379 e. The van der Waals surface area contributed by atoms with Crippen molar-refractivity contribution in [2.24, 2.45) is 5.92 Å². The number of hydrogen-bond acceptors (Lipinski definition) is 5. The zero-order valence-corrected chi connectivity index (χ0v) is 16.9. The second kappa shape index (κ2) is 8.01. The van der Waals surface area contributed by atoms with Crippen molar-refractivity contribution >= 4 is 5.91 Å². The summed E-state index contributed by atoms with van der Waals surface area (Å²) >= 11 is 0. The molecule has 2 atom stereocenters. The van der Waals surface area contributed by atoms with Crippen LogP contribution in [0.3, 0.4) is 0 Å². The molecule has 0 unspecified atom stereocenters. The van der Waals surface area contributed by atoms with Crippen molar-refractivity contribution in [3.05, 3.63) is 47.5 Å². The highest BCUT2D eigenvalue weighted by Gasteiger charge is 2.35. The van der Waals surface area contributed by atoms with Gasteiger partial charge in [-0.3, -0.25) is 19.4 Å². The Hall–Kier alpha value is -2.25. The van der Waals surface area contributed by atoms with Gasteiger partial charge in [-0.15, -0.1) is 0 Å². The van der Waals surface area contributed by atoms with E-state index in [0.29, 0.717) is 37.3 Å². The monoisotopic (exact) mass is 383 g/mol. The first-order valence-electron chi connectivity index (χ1n) is 10.1. The highest BCUT2D eigenvalue weighted by atomic mass is 16.5. The third kappa shape index (κ3) is 4.10. The Balaban J connectivity index is 1.50. The van der Waals surface area contributed by atoms with Gasteiger partial charge in [-0.2, -0.15) is 5.10 Å². The average Bonchev–Trinajstić information content (AvgIpc) is 2.95. The molecule has 2 aliphatic heterocycles. The predicted molar refractivity (Wildman–Crippen MR) is 106 cm³/mol. The fraction of sp³-hybridized carbons (Fsp3) is 0.571. The average molecular weight is 383 g/mol. The molecule has 0 radical (unpaired) electrons. The van der Waals surface area contributed by atoms with Crippen LogP contribution in [0.25, 0.3) is 0 Å². The standard InChI is InChI=1S/C21H29N5O2/c1-15(2)26-11-17(6-23-26)8-24-9-18-10-25(12-20(24)14-28-13-18)21(27)19-5-4-16(3)22-7-19/h4-7,11,15,18,20H,8-10,12-14H2,1-3H3/t18-,20+/m1/s1. The van der Waals surface area contributed by atoms with Crippen LogP contribution >= 0.6 is 0 Å². The van der Waals surface area contributed by atoms with Gasteiger partial charge in [0.05, 0.1) is 31.0 Å². The zero-order chi connectivity index (χ0) is 19.7. The van der Waals surface area contributed by atoms with E-state index in [-0.39, 0.29) is 11.9 Å². The Morgan fingerprint density at radius 1 is 1.21 bits per heavy atom. The Kier molecular flexibility index (Phi) is 5.46. The summed E-state index contributed by atoms with van der Waals surface area (Å²) in [6.45, 7) is 10.7. The van der Waals surface area contributed by atoms with E-state index in [1.807, 2.05) is 34.8 Å². The fourth-order valence-corrected chi connectivity index (χ4v) is 4.04. The first-order chi connectivity index (χ1) is 13.5.